The zero-order valence-corrected chi connectivity index (χ0v) is 9.17. The summed E-state index contributed by atoms with van der Waals surface area (Å²) < 4.78 is 41.2. The van der Waals surface area contributed by atoms with Gasteiger partial charge in [-0.1, -0.05) is 0 Å². The molecule has 0 saturated carbocycles. The zero-order chi connectivity index (χ0) is 13.2. The Kier molecular flexibility index (Phi) is 3.64. The molecule has 1 rings (SSSR count). The topological polar surface area (TPSA) is 64.2 Å². The predicted molar refractivity (Wildman–Crippen MR) is 51.5 cm³/mol. The van der Waals surface area contributed by atoms with Crippen molar-refractivity contribution >= 4 is 5.91 Å². The highest BCUT2D eigenvalue weighted by atomic mass is 19.4. The first-order valence-corrected chi connectivity index (χ1v) is 4.74. The van der Waals surface area contributed by atoms with Crippen LogP contribution in [-0.2, 0) is 4.79 Å². The summed E-state index contributed by atoms with van der Waals surface area (Å²) in [6, 6.07) is 0.0200. The maximum atomic E-state index is 11.9. The SMILES string of the molecule is Cc1cc(=O)n([C@H](C)C(=O)NCC(F)(F)F)o1. The van der Waals surface area contributed by atoms with Crippen molar-refractivity contribution in [3.63, 3.8) is 0 Å². The summed E-state index contributed by atoms with van der Waals surface area (Å²) in [7, 11) is 0. The molecule has 1 aromatic heterocycles. The van der Waals surface area contributed by atoms with Crippen molar-refractivity contribution in [1.82, 2.24) is 10.1 Å². The van der Waals surface area contributed by atoms with Gasteiger partial charge in [-0.2, -0.15) is 17.9 Å². The van der Waals surface area contributed by atoms with Crippen LogP contribution in [0.2, 0.25) is 0 Å². The first-order chi connectivity index (χ1) is 7.70. The maximum Gasteiger partial charge on any atom is 0.405 e. The van der Waals surface area contributed by atoms with Crippen molar-refractivity contribution in [3.8, 4) is 0 Å². The molecule has 0 aliphatic heterocycles. The van der Waals surface area contributed by atoms with Crippen molar-refractivity contribution in [2.24, 2.45) is 0 Å². The highest BCUT2D eigenvalue weighted by Gasteiger charge is 2.29. The second-order valence-electron chi connectivity index (χ2n) is 3.52. The van der Waals surface area contributed by atoms with E-state index in [1.54, 1.807) is 5.32 Å². The summed E-state index contributed by atoms with van der Waals surface area (Å²) in [5.74, 6) is -0.649. The van der Waals surface area contributed by atoms with Crippen molar-refractivity contribution in [2.45, 2.75) is 26.1 Å². The Bertz CT molecular complexity index is 461. The van der Waals surface area contributed by atoms with Gasteiger partial charge in [0.1, 0.15) is 18.3 Å². The lowest BCUT2D eigenvalue weighted by molar-refractivity contribution is -0.141. The van der Waals surface area contributed by atoms with Gasteiger partial charge < -0.3 is 9.84 Å². The van der Waals surface area contributed by atoms with Gasteiger partial charge in [0.25, 0.3) is 5.56 Å². The minimum atomic E-state index is -4.49. The Morgan fingerprint density at radius 1 is 1.59 bits per heavy atom. The van der Waals surface area contributed by atoms with E-state index in [1.807, 2.05) is 0 Å². The number of nitrogens with one attached hydrogen (secondary N) is 1. The minimum absolute atomic E-state index is 0.283. The van der Waals surface area contributed by atoms with Gasteiger partial charge in [0.2, 0.25) is 5.91 Å². The molecular formula is C9H11F3N2O3. The van der Waals surface area contributed by atoms with Crippen LogP contribution < -0.4 is 10.9 Å². The first kappa shape index (κ1) is 13.3. The first-order valence-electron chi connectivity index (χ1n) is 4.74. The van der Waals surface area contributed by atoms with E-state index in [9.17, 15) is 22.8 Å². The van der Waals surface area contributed by atoms with E-state index in [0.29, 0.717) is 0 Å². The normalized spacial score (nSPS) is 13.5. The van der Waals surface area contributed by atoms with Crippen LogP contribution in [0.25, 0.3) is 0 Å². The van der Waals surface area contributed by atoms with Gasteiger partial charge in [-0.05, 0) is 13.8 Å². The molecule has 0 aromatic carbocycles. The third-order valence-electron chi connectivity index (χ3n) is 1.98. The molecule has 1 atom stereocenters. The molecule has 0 spiro atoms. The van der Waals surface area contributed by atoms with Crippen LogP contribution in [0, 0.1) is 6.92 Å². The van der Waals surface area contributed by atoms with Crippen LogP contribution in [-0.4, -0.2) is 23.4 Å². The maximum absolute atomic E-state index is 11.9. The van der Waals surface area contributed by atoms with Crippen LogP contribution in [0.3, 0.4) is 0 Å². The number of halogens is 3. The fraction of sp³-hybridized carbons (Fsp3) is 0.556. The summed E-state index contributed by atoms with van der Waals surface area (Å²) in [4.78, 5) is 22.6. The van der Waals surface area contributed by atoms with Gasteiger partial charge in [0.15, 0.2) is 0 Å². The molecule has 0 unspecified atom stereocenters. The van der Waals surface area contributed by atoms with Crippen LogP contribution >= 0.6 is 0 Å². The molecule has 17 heavy (non-hydrogen) atoms. The molecule has 8 heteroatoms. The van der Waals surface area contributed by atoms with Crippen molar-refractivity contribution in [1.29, 1.82) is 0 Å². The Morgan fingerprint density at radius 2 is 2.18 bits per heavy atom. The van der Waals surface area contributed by atoms with Crippen LogP contribution in [0.1, 0.15) is 18.7 Å². The minimum Gasteiger partial charge on any atom is -0.380 e. The number of rotatable bonds is 3. The van der Waals surface area contributed by atoms with Gasteiger partial charge >= 0.3 is 6.18 Å². The standard InChI is InChI=1S/C9H11F3N2O3/c1-5-3-7(15)14(17-5)6(2)8(16)13-4-9(10,11)12/h3,6H,4H2,1-2H3,(H,13,16)/t6-/m1/s1. The Morgan fingerprint density at radius 3 is 2.59 bits per heavy atom. The molecule has 0 bridgehead atoms. The lowest BCUT2D eigenvalue weighted by Crippen LogP contribution is -2.39. The third-order valence-corrected chi connectivity index (χ3v) is 1.98. The number of hydrogen-bond donors (Lipinski definition) is 1. The quantitative estimate of drug-likeness (QED) is 0.872. The van der Waals surface area contributed by atoms with Crippen LogP contribution in [0.4, 0.5) is 13.2 Å². The Hall–Kier alpha value is -1.73. The molecule has 1 amide bonds. The number of alkyl halides is 3. The van der Waals surface area contributed by atoms with Crippen molar-refractivity contribution in [2.75, 3.05) is 6.54 Å². The molecule has 0 saturated heterocycles. The Labute approximate surface area is 94.2 Å². The van der Waals surface area contributed by atoms with Gasteiger partial charge in [0.05, 0.1) is 0 Å². The molecule has 0 fully saturated rings. The van der Waals surface area contributed by atoms with Gasteiger partial charge in [-0.15, -0.1) is 0 Å². The summed E-state index contributed by atoms with van der Waals surface area (Å²) in [6.45, 7) is 1.33. The highest BCUT2D eigenvalue weighted by molar-refractivity contribution is 5.79. The number of carbonyl (C=O) groups is 1. The second-order valence-corrected chi connectivity index (χ2v) is 3.52. The zero-order valence-electron chi connectivity index (χ0n) is 9.17. The average molecular weight is 252 g/mol. The van der Waals surface area contributed by atoms with Gasteiger partial charge in [0, 0.05) is 6.07 Å². The molecule has 5 nitrogen and oxygen atoms in total. The molecule has 0 aliphatic rings. The molecule has 1 aromatic rings. The van der Waals surface area contributed by atoms with Crippen LogP contribution in [0.5, 0.6) is 0 Å². The molecule has 1 N–H and O–H groups in total. The Balaban J connectivity index is 2.71. The summed E-state index contributed by atoms with van der Waals surface area (Å²) in [5, 5.41) is 1.67. The van der Waals surface area contributed by atoms with E-state index in [2.05, 4.69) is 0 Å². The summed E-state index contributed by atoms with van der Waals surface area (Å²) in [6.07, 6.45) is -4.49. The predicted octanol–water partition coefficient (Wildman–Crippen LogP) is 0.989. The lowest BCUT2D eigenvalue weighted by Gasteiger charge is -2.12. The lowest BCUT2D eigenvalue weighted by atomic mass is 10.3. The smallest absolute Gasteiger partial charge is 0.380 e. The van der Waals surface area contributed by atoms with E-state index < -0.39 is 30.2 Å². The fourth-order valence-corrected chi connectivity index (χ4v) is 1.18. The number of amides is 1. The number of aromatic nitrogens is 1. The van der Waals surface area contributed by atoms with E-state index in [4.69, 9.17) is 4.52 Å². The largest absolute Gasteiger partial charge is 0.405 e. The monoisotopic (exact) mass is 252 g/mol. The number of carbonyl (C=O) groups excluding carboxylic acids is 1. The molecule has 0 radical (unpaired) electrons. The molecular weight excluding hydrogens is 241 g/mol. The summed E-state index contributed by atoms with van der Waals surface area (Å²) >= 11 is 0. The van der Waals surface area contributed by atoms with Crippen LogP contribution in [0.15, 0.2) is 15.4 Å². The molecule has 0 aliphatic carbocycles. The molecule has 96 valence electrons. The fourth-order valence-electron chi connectivity index (χ4n) is 1.18. The highest BCUT2D eigenvalue weighted by Crippen LogP contribution is 2.13. The third kappa shape index (κ3) is 3.65. The van der Waals surface area contributed by atoms with E-state index >= 15 is 0 Å². The molecule has 1 heterocycles. The van der Waals surface area contributed by atoms with Crippen molar-refractivity contribution < 1.29 is 22.5 Å². The van der Waals surface area contributed by atoms with Crippen molar-refractivity contribution in [3.05, 3.63) is 22.2 Å². The average Bonchev–Trinajstić information content (AvgIpc) is 2.52. The summed E-state index contributed by atoms with van der Waals surface area (Å²) in [5.41, 5.74) is -0.572. The van der Waals surface area contributed by atoms with Gasteiger partial charge in [-0.3, -0.25) is 9.59 Å². The van der Waals surface area contributed by atoms with Gasteiger partial charge in [-0.25, -0.2) is 0 Å². The number of aryl methyl sites for hydroxylation is 1. The number of nitrogens with zero attached hydrogens (tertiary/aromatic N) is 1. The number of hydrogen-bond acceptors (Lipinski definition) is 3. The van der Waals surface area contributed by atoms with E-state index in [0.717, 1.165) is 10.8 Å². The second kappa shape index (κ2) is 4.64. The van der Waals surface area contributed by atoms with E-state index in [1.165, 1.54) is 13.8 Å². The van der Waals surface area contributed by atoms with E-state index in [-0.39, 0.29) is 5.76 Å².